The molecule has 16 heavy (non-hydrogen) atoms. The van der Waals surface area contributed by atoms with Gasteiger partial charge in [0.05, 0.1) is 5.01 Å². The van der Waals surface area contributed by atoms with Crippen LogP contribution >= 0.6 is 27.3 Å². The maximum absolute atomic E-state index is 4.24. The summed E-state index contributed by atoms with van der Waals surface area (Å²) in [5.74, 6) is 0. The normalized spacial score (nSPS) is 10.6. The molecule has 2 nitrogen and oxygen atoms in total. The van der Waals surface area contributed by atoms with Gasteiger partial charge in [0.15, 0.2) is 0 Å². The number of rotatable bonds is 5. The van der Waals surface area contributed by atoms with Gasteiger partial charge in [-0.25, -0.2) is 4.98 Å². The van der Waals surface area contributed by atoms with Gasteiger partial charge in [-0.1, -0.05) is 28.1 Å². The summed E-state index contributed by atoms with van der Waals surface area (Å²) in [6.45, 7) is 1.89. The van der Waals surface area contributed by atoms with E-state index in [0.29, 0.717) is 0 Å². The summed E-state index contributed by atoms with van der Waals surface area (Å²) >= 11 is 5.14. The van der Waals surface area contributed by atoms with Gasteiger partial charge >= 0.3 is 0 Å². The van der Waals surface area contributed by atoms with Crippen molar-refractivity contribution < 1.29 is 0 Å². The van der Waals surface area contributed by atoms with Crippen LogP contribution in [0.3, 0.4) is 0 Å². The Bertz CT molecular complexity index is 411. The molecule has 0 aliphatic rings. The zero-order valence-electron chi connectivity index (χ0n) is 8.82. The highest BCUT2D eigenvalue weighted by atomic mass is 79.9. The number of nitrogens with one attached hydrogen (secondary N) is 1. The molecule has 0 atom stereocenters. The maximum Gasteiger partial charge on any atom is 0.0937 e. The highest BCUT2D eigenvalue weighted by molar-refractivity contribution is 9.10. The number of nitrogens with zero attached hydrogens (tertiary/aromatic N) is 1. The SMILES string of the molecule is Brc1ccc(CNCCc2nccs2)cc1. The topological polar surface area (TPSA) is 24.9 Å². The smallest absolute Gasteiger partial charge is 0.0937 e. The molecule has 1 aromatic carbocycles. The third kappa shape index (κ3) is 3.70. The van der Waals surface area contributed by atoms with Gasteiger partial charge in [-0.2, -0.15) is 0 Å². The van der Waals surface area contributed by atoms with Gasteiger partial charge in [0.2, 0.25) is 0 Å². The third-order valence-electron chi connectivity index (χ3n) is 2.24. The van der Waals surface area contributed by atoms with E-state index in [4.69, 9.17) is 0 Å². The van der Waals surface area contributed by atoms with Crippen molar-refractivity contribution in [3.05, 3.63) is 50.9 Å². The molecule has 0 fully saturated rings. The van der Waals surface area contributed by atoms with Crippen molar-refractivity contribution in [2.45, 2.75) is 13.0 Å². The minimum Gasteiger partial charge on any atom is -0.312 e. The molecule has 1 N–H and O–H groups in total. The predicted octanol–water partition coefficient (Wildman–Crippen LogP) is 3.24. The monoisotopic (exact) mass is 296 g/mol. The van der Waals surface area contributed by atoms with Crippen LogP contribution in [-0.4, -0.2) is 11.5 Å². The van der Waals surface area contributed by atoms with Crippen LogP contribution in [0.5, 0.6) is 0 Å². The van der Waals surface area contributed by atoms with Gasteiger partial charge in [0.25, 0.3) is 0 Å². The van der Waals surface area contributed by atoms with E-state index < -0.39 is 0 Å². The summed E-state index contributed by atoms with van der Waals surface area (Å²) in [6.07, 6.45) is 2.86. The van der Waals surface area contributed by atoms with E-state index in [1.807, 2.05) is 11.6 Å². The summed E-state index contributed by atoms with van der Waals surface area (Å²) < 4.78 is 1.12. The fraction of sp³-hybridized carbons (Fsp3) is 0.250. The minimum atomic E-state index is 0.915. The van der Waals surface area contributed by atoms with Gasteiger partial charge in [-0.15, -0.1) is 11.3 Å². The van der Waals surface area contributed by atoms with Crippen LogP contribution in [0, 0.1) is 0 Å². The van der Waals surface area contributed by atoms with Gasteiger partial charge in [0, 0.05) is 35.6 Å². The first-order valence-electron chi connectivity index (χ1n) is 5.18. The van der Waals surface area contributed by atoms with Crippen LogP contribution in [0.1, 0.15) is 10.6 Å². The lowest BCUT2D eigenvalue weighted by Gasteiger charge is -2.03. The Kier molecular flexibility index (Phi) is 4.51. The highest BCUT2D eigenvalue weighted by Crippen LogP contribution is 2.10. The van der Waals surface area contributed by atoms with Gasteiger partial charge in [-0.05, 0) is 17.7 Å². The third-order valence-corrected chi connectivity index (χ3v) is 3.61. The second kappa shape index (κ2) is 6.13. The molecule has 1 heterocycles. The van der Waals surface area contributed by atoms with Gasteiger partial charge in [0.1, 0.15) is 0 Å². The van der Waals surface area contributed by atoms with E-state index in [2.05, 4.69) is 50.5 Å². The summed E-state index contributed by atoms with van der Waals surface area (Å²) in [7, 11) is 0. The second-order valence-corrected chi connectivity index (χ2v) is 5.37. The first kappa shape index (κ1) is 11.8. The standard InChI is InChI=1S/C12H13BrN2S/c13-11-3-1-10(2-4-11)9-14-6-5-12-15-7-8-16-12/h1-4,7-8,14H,5-6,9H2. The Labute approximate surface area is 108 Å². The quantitative estimate of drug-likeness (QED) is 0.857. The van der Waals surface area contributed by atoms with E-state index in [1.165, 1.54) is 10.6 Å². The maximum atomic E-state index is 4.24. The average molecular weight is 297 g/mol. The van der Waals surface area contributed by atoms with Crippen molar-refractivity contribution in [1.29, 1.82) is 0 Å². The molecule has 0 amide bonds. The molecule has 1 aromatic heterocycles. The molecular formula is C12H13BrN2S. The Morgan fingerprint density at radius 1 is 1.25 bits per heavy atom. The molecule has 0 unspecified atom stereocenters. The van der Waals surface area contributed by atoms with Crippen molar-refractivity contribution in [2.24, 2.45) is 0 Å². The van der Waals surface area contributed by atoms with Crippen molar-refractivity contribution in [3.8, 4) is 0 Å². The molecule has 2 rings (SSSR count). The average Bonchev–Trinajstić information content (AvgIpc) is 2.80. The Hall–Kier alpha value is -0.710. The van der Waals surface area contributed by atoms with Crippen LogP contribution in [0.15, 0.2) is 40.3 Å². The van der Waals surface area contributed by atoms with Gasteiger partial charge < -0.3 is 5.32 Å². The summed E-state index contributed by atoms with van der Waals surface area (Å²) in [5.41, 5.74) is 1.31. The summed E-state index contributed by atoms with van der Waals surface area (Å²) in [6, 6.07) is 8.39. The van der Waals surface area contributed by atoms with Crippen LogP contribution < -0.4 is 5.32 Å². The lowest BCUT2D eigenvalue weighted by Crippen LogP contribution is -2.16. The van der Waals surface area contributed by atoms with Crippen molar-refractivity contribution in [1.82, 2.24) is 10.3 Å². The summed E-state index contributed by atoms with van der Waals surface area (Å²) in [4.78, 5) is 4.24. The number of benzene rings is 1. The molecule has 0 aliphatic heterocycles. The second-order valence-electron chi connectivity index (χ2n) is 3.48. The molecule has 0 spiro atoms. The minimum absolute atomic E-state index is 0.915. The fourth-order valence-electron chi connectivity index (χ4n) is 1.41. The number of hydrogen-bond acceptors (Lipinski definition) is 3. The van der Waals surface area contributed by atoms with Crippen LogP contribution in [0.4, 0.5) is 0 Å². The van der Waals surface area contributed by atoms with E-state index in [9.17, 15) is 0 Å². The molecule has 0 bridgehead atoms. The number of halogens is 1. The summed E-state index contributed by atoms with van der Waals surface area (Å²) in [5, 5.41) is 6.63. The first-order valence-corrected chi connectivity index (χ1v) is 6.85. The van der Waals surface area contributed by atoms with E-state index in [0.717, 1.165) is 24.0 Å². The fourth-order valence-corrected chi connectivity index (χ4v) is 2.29. The van der Waals surface area contributed by atoms with Gasteiger partial charge in [-0.3, -0.25) is 0 Å². The largest absolute Gasteiger partial charge is 0.312 e. The molecule has 84 valence electrons. The van der Waals surface area contributed by atoms with Crippen LogP contribution in [-0.2, 0) is 13.0 Å². The van der Waals surface area contributed by atoms with E-state index in [-0.39, 0.29) is 0 Å². The first-order chi connectivity index (χ1) is 7.84. The van der Waals surface area contributed by atoms with Crippen molar-refractivity contribution in [3.63, 3.8) is 0 Å². The van der Waals surface area contributed by atoms with Crippen LogP contribution in [0.25, 0.3) is 0 Å². The van der Waals surface area contributed by atoms with Crippen molar-refractivity contribution >= 4 is 27.3 Å². The molecule has 2 aromatic rings. The zero-order valence-corrected chi connectivity index (χ0v) is 11.2. The van der Waals surface area contributed by atoms with Crippen molar-refractivity contribution in [2.75, 3.05) is 6.54 Å². The van der Waals surface area contributed by atoms with Crippen LogP contribution in [0.2, 0.25) is 0 Å². The number of thiazole rings is 1. The predicted molar refractivity (Wildman–Crippen MR) is 71.7 cm³/mol. The highest BCUT2D eigenvalue weighted by Gasteiger charge is 1.96. The molecule has 0 aliphatic carbocycles. The molecule has 0 saturated heterocycles. The Morgan fingerprint density at radius 2 is 2.06 bits per heavy atom. The molecule has 4 heteroatoms. The lowest BCUT2D eigenvalue weighted by atomic mass is 10.2. The molecule has 0 saturated carbocycles. The Balaban J connectivity index is 1.70. The number of aromatic nitrogens is 1. The van der Waals surface area contributed by atoms with E-state index in [1.54, 1.807) is 11.3 Å². The Morgan fingerprint density at radius 3 is 2.75 bits per heavy atom. The van der Waals surface area contributed by atoms with E-state index >= 15 is 0 Å². The number of hydrogen-bond donors (Lipinski definition) is 1. The molecular weight excluding hydrogens is 284 g/mol. The zero-order chi connectivity index (χ0) is 11.2. The molecule has 0 radical (unpaired) electrons. The lowest BCUT2D eigenvalue weighted by molar-refractivity contribution is 0.685.